The average molecular weight is 631 g/mol. The minimum atomic E-state index is -0.875. The molecule has 14 heteroatoms. The van der Waals surface area contributed by atoms with Gasteiger partial charge in [0.05, 0.1) is 28.7 Å². The predicted molar refractivity (Wildman–Crippen MR) is 166 cm³/mol. The molecule has 5 aromatic rings. The maximum absolute atomic E-state index is 14.9. The first-order chi connectivity index (χ1) is 21.5. The lowest BCUT2D eigenvalue weighted by atomic mass is 10.1. The Kier molecular flexibility index (Phi) is 7.68. The van der Waals surface area contributed by atoms with E-state index in [0.29, 0.717) is 21.7 Å². The summed E-state index contributed by atoms with van der Waals surface area (Å²) in [5, 5.41) is 11.4. The van der Waals surface area contributed by atoms with E-state index in [1.54, 1.807) is 44.6 Å². The van der Waals surface area contributed by atoms with Gasteiger partial charge in [0, 0.05) is 41.7 Å². The van der Waals surface area contributed by atoms with Crippen molar-refractivity contribution in [3.8, 4) is 16.3 Å². The van der Waals surface area contributed by atoms with Gasteiger partial charge in [-0.3, -0.25) is 29.2 Å². The molecule has 11 nitrogen and oxygen atoms in total. The summed E-state index contributed by atoms with van der Waals surface area (Å²) in [5.74, 6) is -1.94. The maximum Gasteiger partial charge on any atom is 0.338 e. The molecule has 0 unspecified atom stereocenters. The normalized spacial score (nSPS) is 13.0. The van der Waals surface area contributed by atoms with E-state index in [1.807, 2.05) is 4.90 Å². The van der Waals surface area contributed by atoms with Crippen LogP contribution in [0.3, 0.4) is 0 Å². The van der Waals surface area contributed by atoms with Gasteiger partial charge in [0.15, 0.2) is 0 Å². The molecule has 0 aliphatic carbocycles. The lowest BCUT2D eigenvalue weighted by Crippen LogP contribution is -2.39. The monoisotopic (exact) mass is 630 g/mol. The van der Waals surface area contributed by atoms with E-state index in [-0.39, 0.29) is 46.2 Å². The van der Waals surface area contributed by atoms with E-state index >= 15 is 0 Å². The highest BCUT2D eigenvalue weighted by Crippen LogP contribution is 2.38. The van der Waals surface area contributed by atoms with Crippen molar-refractivity contribution in [2.75, 3.05) is 19.0 Å². The number of amides is 1. The van der Waals surface area contributed by atoms with Crippen LogP contribution in [0.5, 0.6) is 0 Å². The molecule has 6 rings (SSSR count). The number of halogens is 2. The number of hydrogen-bond donors (Lipinski definition) is 0. The summed E-state index contributed by atoms with van der Waals surface area (Å²) in [6.45, 7) is -0.287. The van der Waals surface area contributed by atoms with Gasteiger partial charge in [0.25, 0.3) is 11.2 Å². The molecule has 0 saturated heterocycles. The SMILES string of the molecule is CN(C)Cc1c(-c2ccc([N+](=O)[O-])cc2)sc2c1c(=O)n(-c1ccc(N3C=CCC3=O)cn1)c(=O)n2Cc1c(F)cccc1F. The number of benzene rings is 2. The molecule has 228 valence electrons. The van der Waals surface area contributed by atoms with Crippen molar-refractivity contribution in [1.82, 2.24) is 19.0 Å². The lowest BCUT2D eigenvalue weighted by Gasteiger charge is -2.16. The molecule has 0 saturated carbocycles. The molecule has 0 bridgehead atoms. The Morgan fingerprint density at radius 2 is 1.71 bits per heavy atom. The van der Waals surface area contributed by atoms with E-state index < -0.39 is 34.4 Å². The highest BCUT2D eigenvalue weighted by molar-refractivity contribution is 7.22. The largest absolute Gasteiger partial charge is 0.338 e. The van der Waals surface area contributed by atoms with E-state index in [1.165, 1.54) is 35.4 Å². The van der Waals surface area contributed by atoms with Gasteiger partial charge in [0.1, 0.15) is 22.3 Å². The number of anilines is 1. The molecule has 4 heterocycles. The van der Waals surface area contributed by atoms with Gasteiger partial charge < -0.3 is 4.90 Å². The van der Waals surface area contributed by atoms with Crippen molar-refractivity contribution in [1.29, 1.82) is 0 Å². The van der Waals surface area contributed by atoms with Crippen molar-refractivity contribution in [2.24, 2.45) is 0 Å². The average Bonchev–Trinajstić information content (AvgIpc) is 3.60. The zero-order valence-corrected chi connectivity index (χ0v) is 24.8. The third-order valence-electron chi connectivity index (χ3n) is 7.32. The van der Waals surface area contributed by atoms with Crippen LogP contribution in [0.15, 0.2) is 82.7 Å². The standard InChI is InChI=1S/C31H24F2N6O5S/c1-35(2)16-22-27-29(41)38(25-13-12-20(15-34-25)36-14-4-7-26(36)40)31(42)37(17-21-23(32)5-3-6-24(21)33)30(27)45-28(22)18-8-10-19(11-9-18)39(43)44/h3-6,8-15H,7,16-17H2,1-2H3. The highest BCUT2D eigenvalue weighted by atomic mass is 32.1. The third kappa shape index (κ3) is 5.34. The van der Waals surface area contributed by atoms with Crippen LogP contribution in [0.2, 0.25) is 0 Å². The number of thiophene rings is 1. The van der Waals surface area contributed by atoms with Gasteiger partial charge >= 0.3 is 5.69 Å². The number of hydrogen-bond acceptors (Lipinski definition) is 8. The molecule has 45 heavy (non-hydrogen) atoms. The summed E-state index contributed by atoms with van der Waals surface area (Å²) in [5.41, 5.74) is -0.535. The van der Waals surface area contributed by atoms with Crippen molar-refractivity contribution in [3.05, 3.63) is 127 Å². The molecule has 0 N–H and O–H groups in total. The summed E-state index contributed by atoms with van der Waals surface area (Å²) in [6, 6.07) is 12.1. The van der Waals surface area contributed by atoms with Crippen molar-refractivity contribution >= 4 is 38.8 Å². The van der Waals surface area contributed by atoms with Crippen LogP contribution in [0.25, 0.3) is 26.5 Å². The maximum atomic E-state index is 14.9. The van der Waals surface area contributed by atoms with E-state index in [0.717, 1.165) is 32.6 Å². The number of nitrogens with zero attached hydrogens (tertiary/aromatic N) is 6. The minimum absolute atomic E-state index is 0.0482. The Morgan fingerprint density at radius 3 is 2.29 bits per heavy atom. The molecular formula is C31H24F2N6O5S. The second-order valence-corrected chi connectivity index (χ2v) is 11.6. The lowest BCUT2D eigenvalue weighted by molar-refractivity contribution is -0.384. The quantitative estimate of drug-likeness (QED) is 0.178. The Bertz CT molecular complexity index is 2120. The van der Waals surface area contributed by atoms with Gasteiger partial charge in [-0.25, -0.2) is 23.1 Å². The topological polar surface area (TPSA) is 124 Å². The fourth-order valence-corrected chi connectivity index (χ4v) is 6.51. The van der Waals surface area contributed by atoms with Crippen molar-refractivity contribution in [2.45, 2.75) is 19.5 Å². The van der Waals surface area contributed by atoms with Gasteiger partial charge in [-0.2, -0.15) is 0 Å². The summed E-state index contributed by atoms with van der Waals surface area (Å²) < 4.78 is 31.8. The van der Waals surface area contributed by atoms with Crippen molar-refractivity contribution < 1.29 is 18.5 Å². The van der Waals surface area contributed by atoms with Crippen molar-refractivity contribution in [3.63, 3.8) is 0 Å². The second-order valence-electron chi connectivity index (χ2n) is 10.6. The zero-order chi connectivity index (χ0) is 32.0. The number of aromatic nitrogens is 3. The molecule has 1 aliphatic rings. The molecule has 0 atom stereocenters. The molecule has 1 aliphatic heterocycles. The molecule has 2 aromatic carbocycles. The minimum Gasteiger partial charge on any atom is -0.305 e. The van der Waals surface area contributed by atoms with Crippen LogP contribution in [0, 0.1) is 21.7 Å². The number of rotatable bonds is 8. The summed E-state index contributed by atoms with van der Waals surface area (Å²) in [4.78, 5) is 59.6. The fourth-order valence-electron chi connectivity index (χ4n) is 5.21. The Morgan fingerprint density at radius 1 is 1.00 bits per heavy atom. The molecule has 0 spiro atoms. The number of pyridine rings is 1. The Balaban J connectivity index is 1.63. The summed E-state index contributed by atoms with van der Waals surface area (Å²) in [7, 11) is 3.58. The number of carbonyl (C=O) groups excluding carboxylic acids is 1. The molecule has 0 fully saturated rings. The summed E-state index contributed by atoms with van der Waals surface area (Å²) >= 11 is 1.08. The van der Waals surface area contributed by atoms with Crippen LogP contribution in [-0.2, 0) is 17.9 Å². The first-order valence-corrected chi connectivity index (χ1v) is 14.5. The van der Waals surface area contributed by atoms with E-state index in [2.05, 4.69) is 4.98 Å². The Labute approximate surface area is 257 Å². The first-order valence-electron chi connectivity index (χ1n) is 13.6. The molecular weight excluding hydrogens is 606 g/mol. The van der Waals surface area contributed by atoms with Gasteiger partial charge in [-0.05, 0) is 61.6 Å². The summed E-state index contributed by atoms with van der Waals surface area (Å²) in [6.07, 6.45) is 4.89. The number of carbonyl (C=O) groups is 1. The number of nitro benzene ring substituents is 1. The first kappa shape index (κ1) is 29.7. The molecule has 1 amide bonds. The van der Waals surface area contributed by atoms with Crippen LogP contribution in [0.4, 0.5) is 20.2 Å². The van der Waals surface area contributed by atoms with Crippen LogP contribution in [-0.4, -0.2) is 43.9 Å². The molecule has 3 aromatic heterocycles. The van der Waals surface area contributed by atoms with Gasteiger partial charge in [-0.1, -0.05) is 12.1 Å². The van der Waals surface area contributed by atoms with Gasteiger partial charge in [-0.15, -0.1) is 11.3 Å². The highest BCUT2D eigenvalue weighted by Gasteiger charge is 2.26. The Hall–Kier alpha value is -5.34. The number of non-ortho nitro benzene ring substituents is 1. The molecule has 0 radical (unpaired) electrons. The van der Waals surface area contributed by atoms with E-state index in [9.17, 15) is 33.3 Å². The van der Waals surface area contributed by atoms with Crippen LogP contribution >= 0.6 is 11.3 Å². The predicted octanol–water partition coefficient (Wildman–Crippen LogP) is 4.82. The van der Waals surface area contributed by atoms with Gasteiger partial charge in [0.2, 0.25) is 5.91 Å². The second kappa shape index (κ2) is 11.6. The van der Waals surface area contributed by atoms with Crippen LogP contribution in [0.1, 0.15) is 17.5 Å². The number of fused-ring (bicyclic) bond motifs is 1. The fraction of sp³-hybridized carbons (Fsp3) is 0.161. The number of nitro groups is 1. The smallest absolute Gasteiger partial charge is 0.305 e. The van der Waals surface area contributed by atoms with E-state index in [4.69, 9.17) is 0 Å². The van der Waals surface area contributed by atoms with Crippen LogP contribution < -0.4 is 16.1 Å². The third-order valence-corrected chi connectivity index (χ3v) is 8.62. The zero-order valence-electron chi connectivity index (χ0n) is 23.9.